The third kappa shape index (κ3) is 16.6. The molecule has 3 amide bonds. The quantitative estimate of drug-likeness (QED) is 0.0237. The summed E-state index contributed by atoms with van der Waals surface area (Å²) in [5.41, 5.74) is 51.9. The van der Waals surface area contributed by atoms with E-state index in [1.807, 2.05) is 36.4 Å². The van der Waals surface area contributed by atoms with Crippen molar-refractivity contribution in [2.24, 2.45) is 51.6 Å². The highest BCUT2D eigenvalue weighted by Gasteiger charge is 2.42. The standard InChI is InChI=1S/C49H76N12O6.ClH/c50-28-4-1-25-47(56,40(62)10-7-31-53)44(65)59-37-19-13-34(14-20-37)43(35-15-21-38(22-16-35)60-45(66)48(57,26-2-5-29-51)41(63)11-8-32-54)36-17-23-39(24-18-36)61-46(67)49(58,27-3-6-30-52)42(64)12-9-33-55;/h13-24,43H,1-12,25-33,50-58H2,(H,59,65)(H,60,66)(H,61,67);1H/t47-,48-,49-;/m0./s1. The first-order valence-corrected chi connectivity index (χ1v) is 23.5. The first-order chi connectivity index (χ1) is 32.1. The second-order valence-electron chi connectivity index (χ2n) is 17.3. The number of anilines is 3. The number of hydrogen-bond acceptors (Lipinski definition) is 15. The average Bonchev–Trinajstić information content (AvgIpc) is 3.33. The van der Waals surface area contributed by atoms with Gasteiger partial charge in [0.25, 0.3) is 17.7 Å². The SMILES string of the molecule is Cl.NCCCC[C@](N)(C(=O)CCCN)C(=O)Nc1ccc(C(c2ccc(NC(=O)[C@](N)(CCCCN)C(=O)CCCN)cc2)c2ccc(NC(=O)[C@](N)(CCCCN)C(=O)CCCN)cc2)cc1. The van der Waals surface area contributed by atoms with Crippen molar-refractivity contribution in [3.8, 4) is 0 Å². The molecule has 0 aliphatic rings. The topological polar surface area (TPSA) is 373 Å². The van der Waals surface area contributed by atoms with Gasteiger partial charge in [0.15, 0.2) is 34.0 Å². The van der Waals surface area contributed by atoms with Gasteiger partial charge in [-0.05, 0) is 169 Å². The summed E-state index contributed by atoms with van der Waals surface area (Å²) in [5.74, 6) is -3.51. The van der Waals surface area contributed by atoms with Crippen LogP contribution in [0.3, 0.4) is 0 Å². The molecule has 0 fully saturated rings. The molecular formula is C49H77ClN12O6. The fraction of sp³-hybridized carbons (Fsp3) is 0.510. The zero-order valence-electron chi connectivity index (χ0n) is 39.4. The monoisotopic (exact) mass is 965 g/mol. The summed E-state index contributed by atoms with van der Waals surface area (Å²) in [6.07, 6.45) is 5.05. The van der Waals surface area contributed by atoms with Crippen LogP contribution in [-0.4, -0.2) is 91.0 Å². The zero-order chi connectivity index (χ0) is 49.5. The van der Waals surface area contributed by atoms with Crippen LogP contribution in [-0.2, 0) is 28.8 Å². The van der Waals surface area contributed by atoms with Gasteiger partial charge < -0.3 is 67.6 Å². The van der Waals surface area contributed by atoms with Crippen LogP contribution in [0.4, 0.5) is 17.1 Å². The predicted octanol–water partition coefficient (Wildman–Crippen LogP) is 2.51. The van der Waals surface area contributed by atoms with Gasteiger partial charge >= 0.3 is 0 Å². The van der Waals surface area contributed by atoms with E-state index in [1.54, 1.807) is 36.4 Å². The number of rotatable bonds is 33. The smallest absolute Gasteiger partial charge is 0.252 e. The van der Waals surface area contributed by atoms with Crippen LogP contribution in [0.1, 0.15) is 119 Å². The summed E-state index contributed by atoms with van der Waals surface area (Å²) in [7, 11) is 0. The molecule has 0 bridgehead atoms. The Labute approximate surface area is 407 Å². The van der Waals surface area contributed by atoms with Crippen LogP contribution < -0.4 is 67.6 Å². The minimum absolute atomic E-state index is 0. The molecule has 21 N–H and O–H groups in total. The number of amides is 3. The molecular weight excluding hydrogens is 888 g/mol. The van der Waals surface area contributed by atoms with E-state index in [1.165, 1.54) is 0 Å². The lowest BCUT2D eigenvalue weighted by Crippen LogP contribution is -2.57. The van der Waals surface area contributed by atoms with E-state index in [9.17, 15) is 28.8 Å². The molecule has 0 aromatic heterocycles. The van der Waals surface area contributed by atoms with Gasteiger partial charge in [0.2, 0.25) is 0 Å². The molecule has 0 unspecified atom stereocenters. The molecule has 3 rings (SSSR count). The highest BCUT2D eigenvalue weighted by Crippen LogP contribution is 2.35. The number of carbonyl (C=O) groups is 6. The Morgan fingerprint density at radius 1 is 0.368 bits per heavy atom. The summed E-state index contributed by atoms with van der Waals surface area (Å²) in [6, 6.07) is 21.3. The lowest BCUT2D eigenvalue weighted by molar-refractivity contribution is -0.135. The number of benzene rings is 3. The van der Waals surface area contributed by atoms with Gasteiger partial charge in [0.05, 0.1) is 0 Å². The van der Waals surface area contributed by atoms with Gasteiger partial charge in [-0.15, -0.1) is 12.4 Å². The largest absolute Gasteiger partial charge is 0.330 e. The molecule has 3 atom stereocenters. The maximum Gasteiger partial charge on any atom is 0.252 e. The van der Waals surface area contributed by atoms with Gasteiger partial charge in [-0.25, -0.2) is 0 Å². The lowest BCUT2D eigenvalue weighted by atomic mass is 9.84. The molecule has 0 saturated heterocycles. The number of nitrogens with one attached hydrogen (secondary N) is 3. The highest BCUT2D eigenvalue weighted by molar-refractivity contribution is 6.16. The first kappa shape index (κ1) is 59.1. The minimum atomic E-state index is -1.77. The highest BCUT2D eigenvalue weighted by atomic mass is 35.5. The summed E-state index contributed by atoms with van der Waals surface area (Å²) in [6.45, 7) is 2.04. The average molecular weight is 966 g/mol. The summed E-state index contributed by atoms with van der Waals surface area (Å²) in [4.78, 5) is 80.8. The molecule has 68 heavy (non-hydrogen) atoms. The van der Waals surface area contributed by atoms with Crippen LogP contribution in [0.15, 0.2) is 72.8 Å². The number of nitrogens with two attached hydrogens (primary N) is 9. The maximum absolute atomic E-state index is 13.7. The molecule has 0 aliphatic heterocycles. The van der Waals surface area contributed by atoms with Crippen molar-refractivity contribution in [1.82, 2.24) is 0 Å². The molecule has 18 nitrogen and oxygen atoms in total. The second-order valence-corrected chi connectivity index (χ2v) is 17.3. The van der Waals surface area contributed by atoms with Crippen LogP contribution in [0.25, 0.3) is 0 Å². The van der Waals surface area contributed by atoms with E-state index in [4.69, 9.17) is 51.6 Å². The molecule has 0 heterocycles. The predicted molar refractivity (Wildman–Crippen MR) is 273 cm³/mol. The fourth-order valence-corrected chi connectivity index (χ4v) is 7.82. The van der Waals surface area contributed by atoms with Gasteiger partial charge in [-0.2, -0.15) is 0 Å². The number of unbranched alkanes of at least 4 members (excludes halogenated alkanes) is 3. The molecule has 0 radical (unpaired) electrons. The van der Waals surface area contributed by atoms with Crippen LogP contribution in [0.5, 0.6) is 0 Å². The minimum Gasteiger partial charge on any atom is -0.330 e. The van der Waals surface area contributed by atoms with Crippen molar-refractivity contribution in [2.45, 2.75) is 119 Å². The van der Waals surface area contributed by atoms with Crippen molar-refractivity contribution in [1.29, 1.82) is 0 Å². The molecule has 376 valence electrons. The number of Topliss-reactive ketones (excluding diaryl/α,β-unsaturated/α-hetero) is 3. The Balaban J connectivity index is 0.0000159. The summed E-state index contributed by atoms with van der Waals surface area (Å²) >= 11 is 0. The molecule has 0 aliphatic carbocycles. The van der Waals surface area contributed by atoms with Gasteiger partial charge in [0, 0.05) is 42.2 Å². The zero-order valence-corrected chi connectivity index (χ0v) is 40.2. The summed E-state index contributed by atoms with van der Waals surface area (Å²) in [5, 5.41) is 8.51. The normalized spacial score (nSPS) is 13.9. The van der Waals surface area contributed by atoms with Gasteiger partial charge in [-0.1, -0.05) is 36.4 Å². The van der Waals surface area contributed by atoms with E-state index in [0.29, 0.717) is 94.5 Å². The van der Waals surface area contributed by atoms with E-state index in [-0.39, 0.29) is 70.6 Å². The van der Waals surface area contributed by atoms with E-state index in [2.05, 4.69) is 16.0 Å². The van der Waals surface area contributed by atoms with Crippen LogP contribution >= 0.6 is 12.4 Å². The van der Waals surface area contributed by atoms with Crippen LogP contribution in [0, 0.1) is 0 Å². The van der Waals surface area contributed by atoms with Crippen molar-refractivity contribution in [2.75, 3.05) is 55.2 Å². The van der Waals surface area contributed by atoms with E-state index < -0.39 is 57.6 Å². The number of hydrogen-bond donors (Lipinski definition) is 12. The fourth-order valence-electron chi connectivity index (χ4n) is 7.82. The third-order valence-corrected chi connectivity index (χ3v) is 12.1. The molecule has 3 aromatic carbocycles. The Kier molecular flexibility index (Phi) is 25.9. The number of carbonyl (C=O) groups excluding carboxylic acids is 6. The Morgan fingerprint density at radius 3 is 0.794 bits per heavy atom. The van der Waals surface area contributed by atoms with Crippen molar-refractivity contribution >= 4 is 64.5 Å². The molecule has 0 saturated carbocycles. The number of ketones is 3. The lowest BCUT2D eigenvalue weighted by Gasteiger charge is -2.27. The Bertz CT molecular complexity index is 1830. The Hall–Kier alpha value is -4.99. The first-order valence-electron chi connectivity index (χ1n) is 23.5. The third-order valence-electron chi connectivity index (χ3n) is 12.1. The maximum atomic E-state index is 13.7. The van der Waals surface area contributed by atoms with Crippen molar-refractivity contribution in [3.63, 3.8) is 0 Å². The molecule has 19 heteroatoms. The van der Waals surface area contributed by atoms with Crippen LogP contribution in [0.2, 0.25) is 0 Å². The Morgan fingerprint density at radius 2 is 0.588 bits per heavy atom. The van der Waals surface area contributed by atoms with Gasteiger partial charge in [-0.3, -0.25) is 28.8 Å². The number of halogens is 1. The van der Waals surface area contributed by atoms with Crippen molar-refractivity contribution < 1.29 is 28.8 Å². The second kappa shape index (κ2) is 29.8. The molecule has 0 spiro atoms. The van der Waals surface area contributed by atoms with Crippen molar-refractivity contribution in [3.05, 3.63) is 89.5 Å². The van der Waals surface area contributed by atoms with E-state index >= 15 is 0 Å². The summed E-state index contributed by atoms with van der Waals surface area (Å²) < 4.78 is 0. The molecule has 3 aromatic rings. The van der Waals surface area contributed by atoms with E-state index in [0.717, 1.165) is 16.7 Å². The van der Waals surface area contributed by atoms with Gasteiger partial charge in [0.1, 0.15) is 0 Å².